The first kappa shape index (κ1) is 15.3. The molecule has 0 bridgehead atoms. The molecule has 2 N–H and O–H groups in total. The molecule has 2 rings (SSSR count). The molecule has 3 heteroatoms. The van der Waals surface area contributed by atoms with Crippen molar-refractivity contribution in [1.29, 1.82) is 0 Å². The predicted molar refractivity (Wildman–Crippen MR) is 82.2 cm³/mol. The molecule has 1 aliphatic carbocycles. The van der Waals surface area contributed by atoms with Crippen molar-refractivity contribution in [3.63, 3.8) is 0 Å². The van der Waals surface area contributed by atoms with Crippen LogP contribution in [-0.4, -0.2) is 55.6 Å². The van der Waals surface area contributed by atoms with E-state index in [1.807, 2.05) is 0 Å². The van der Waals surface area contributed by atoms with Gasteiger partial charge in [0, 0.05) is 31.7 Å². The van der Waals surface area contributed by atoms with Crippen molar-refractivity contribution < 1.29 is 0 Å². The van der Waals surface area contributed by atoms with Gasteiger partial charge in [-0.3, -0.25) is 4.90 Å². The Morgan fingerprint density at radius 3 is 2.21 bits per heavy atom. The van der Waals surface area contributed by atoms with Crippen molar-refractivity contribution in [2.75, 3.05) is 33.7 Å². The highest BCUT2D eigenvalue weighted by molar-refractivity contribution is 4.92. The van der Waals surface area contributed by atoms with Gasteiger partial charge in [-0.2, -0.15) is 0 Å². The molecule has 0 amide bonds. The van der Waals surface area contributed by atoms with E-state index in [4.69, 9.17) is 5.73 Å². The van der Waals surface area contributed by atoms with Crippen LogP contribution in [0, 0.1) is 11.8 Å². The Morgan fingerprint density at radius 2 is 1.74 bits per heavy atom. The summed E-state index contributed by atoms with van der Waals surface area (Å²) in [5.74, 6) is 1.62. The fourth-order valence-corrected chi connectivity index (χ4v) is 4.26. The third kappa shape index (κ3) is 3.71. The second-order valence-corrected chi connectivity index (χ2v) is 7.02. The lowest BCUT2D eigenvalue weighted by Gasteiger charge is -2.34. The number of likely N-dealkylation sites (N-methyl/N-ethyl adjacent to an activating group) is 1. The monoisotopic (exact) mass is 267 g/mol. The minimum atomic E-state index is 0.630. The molecule has 3 nitrogen and oxygen atoms in total. The van der Waals surface area contributed by atoms with Crippen LogP contribution < -0.4 is 5.73 Å². The molecule has 3 unspecified atom stereocenters. The summed E-state index contributed by atoms with van der Waals surface area (Å²) in [7, 11) is 4.43. The summed E-state index contributed by atoms with van der Waals surface area (Å²) in [4.78, 5) is 5.09. The molecule has 0 radical (unpaired) electrons. The van der Waals surface area contributed by atoms with Gasteiger partial charge in [-0.05, 0) is 38.8 Å². The third-order valence-electron chi connectivity index (χ3n) is 5.42. The highest BCUT2D eigenvalue weighted by atomic mass is 15.3. The highest BCUT2D eigenvalue weighted by Gasteiger charge is 2.36. The summed E-state index contributed by atoms with van der Waals surface area (Å²) in [5.41, 5.74) is 6.15. The zero-order valence-electron chi connectivity index (χ0n) is 13.1. The molecular weight excluding hydrogens is 234 g/mol. The molecule has 112 valence electrons. The molecule has 1 heterocycles. The zero-order valence-corrected chi connectivity index (χ0v) is 13.1. The minimum absolute atomic E-state index is 0.630. The summed E-state index contributed by atoms with van der Waals surface area (Å²) in [5, 5.41) is 0. The molecule has 19 heavy (non-hydrogen) atoms. The van der Waals surface area contributed by atoms with Gasteiger partial charge in [0.1, 0.15) is 0 Å². The van der Waals surface area contributed by atoms with E-state index < -0.39 is 0 Å². The van der Waals surface area contributed by atoms with Crippen molar-refractivity contribution in [3.05, 3.63) is 0 Å². The molecule has 0 spiro atoms. The van der Waals surface area contributed by atoms with Gasteiger partial charge in [-0.15, -0.1) is 0 Å². The summed E-state index contributed by atoms with van der Waals surface area (Å²) in [6.45, 7) is 5.69. The quantitative estimate of drug-likeness (QED) is 0.792. The van der Waals surface area contributed by atoms with Crippen molar-refractivity contribution >= 4 is 0 Å². The van der Waals surface area contributed by atoms with E-state index in [0.717, 1.165) is 18.4 Å². The number of rotatable bonds is 4. The average molecular weight is 267 g/mol. The number of hydrogen-bond donors (Lipinski definition) is 1. The maximum absolute atomic E-state index is 6.15. The molecule has 1 aliphatic heterocycles. The normalized spacial score (nSPS) is 32.7. The first-order valence-electron chi connectivity index (χ1n) is 8.24. The number of hydrogen-bond acceptors (Lipinski definition) is 3. The SMILES string of the molecule is CC1CN(C(CN)C2CCCCCC2)CC1N(C)C. The van der Waals surface area contributed by atoms with Crippen LogP contribution in [0.1, 0.15) is 45.4 Å². The van der Waals surface area contributed by atoms with E-state index in [2.05, 4.69) is 30.8 Å². The standard InChI is InChI=1S/C16H33N3/c1-13-11-19(12-16(13)18(2)3)15(10-17)14-8-6-4-5-7-9-14/h13-16H,4-12,17H2,1-3H3. The van der Waals surface area contributed by atoms with Gasteiger partial charge in [-0.1, -0.05) is 32.6 Å². The van der Waals surface area contributed by atoms with Crippen LogP contribution in [0.3, 0.4) is 0 Å². The smallest absolute Gasteiger partial charge is 0.0254 e. The molecule has 1 saturated heterocycles. The van der Waals surface area contributed by atoms with Crippen LogP contribution in [0.15, 0.2) is 0 Å². The van der Waals surface area contributed by atoms with E-state index in [-0.39, 0.29) is 0 Å². The number of likely N-dealkylation sites (tertiary alicyclic amines) is 1. The van der Waals surface area contributed by atoms with Crippen LogP contribution in [0.2, 0.25) is 0 Å². The van der Waals surface area contributed by atoms with Crippen molar-refractivity contribution in [3.8, 4) is 0 Å². The first-order chi connectivity index (χ1) is 9.13. The Balaban J connectivity index is 1.97. The topological polar surface area (TPSA) is 32.5 Å². The highest BCUT2D eigenvalue weighted by Crippen LogP contribution is 2.31. The van der Waals surface area contributed by atoms with Gasteiger partial charge >= 0.3 is 0 Å². The molecule has 2 aliphatic rings. The van der Waals surface area contributed by atoms with Crippen molar-refractivity contribution in [2.45, 2.75) is 57.5 Å². The summed E-state index contributed by atoms with van der Waals surface area (Å²) >= 11 is 0. The summed E-state index contributed by atoms with van der Waals surface area (Å²) in [6.07, 6.45) is 8.51. The van der Waals surface area contributed by atoms with Crippen LogP contribution in [0.25, 0.3) is 0 Å². The molecule has 2 fully saturated rings. The second-order valence-electron chi connectivity index (χ2n) is 7.02. The lowest BCUT2D eigenvalue weighted by molar-refractivity contribution is 0.154. The van der Waals surface area contributed by atoms with Gasteiger partial charge in [0.2, 0.25) is 0 Å². The van der Waals surface area contributed by atoms with Crippen LogP contribution >= 0.6 is 0 Å². The predicted octanol–water partition coefficient (Wildman–Crippen LogP) is 2.17. The fraction of sp³-hybridized carbons (Fsp3) is 1.00. The van der Waals surface area contributed by atoms with Gasteiger partial charge in [0.05, 0.1) is 0 Å². The van der Waals surface area contributed by atoms with E-state index in [0.29, 0.717) is 12.1 Å². The first-order valence-corrected chi connectivity index (χ1v) is 8.24. The van der Waals surface area contributed by atoms with Crippen LogP contribution in [-0.2, 0) is 0 Å². The van der Waals surface area contributed by atoms with Crippen molar-refractivity contribution in [2.24, 2.45) is 17.6 Å². The Morgan fingerprint density at radius 1 is 1.11 bits per heavy atom. The second kappa shape index (κ2) is 7.05. The van der Waals surface area contributed by atoms with E-state index in [9.17, 15) is 0 Å². The van der Waals surface area contributed by atoms with Crippen molar-refractivity contribution in [1.82, 2.24) is 9.80 Å². The van der Waals surface area contributed by atoms with Gasteiger partial charge in [0.25, 0.3) is 0 Å². The molecule has 0 aromatic rings. The Hall–Kier alpha value is -0.120. The minimum Gasteiger partial charge on any atom is -0.329 e. The molecule has 0 aromatic heterocycles. The zero-order chi connectivity index (χ0) is 13.8. The molecular formula is C16H33N3. The summed E-state index contributed by atoms with van der Waals surface area (Å²) < 4.78 is 0. The maximum atomic E-state index is 6.15. The third-order valence-corrected chi connectivity index (χ3v) is 5.42. The van der Waals surface area contributed by atoms with Gasteiger partial charge in [-0.25, -0.2) is 0 Å². The van der Waals surface area contributed by atoms with Gasteiger partial charge < -0.3 is 10.6 Å². The van der Waals surface area contributed by atoms with Crippen LogP contribution in [0.5, 0.6) is 0 Å². The summed E-state index contributed by atoms with van der Waals surface area (Å²) in [6, 6.07) is 1.34. The Bertz CT molecular complexity index is 259. The Kier molecular flexibility index (Phi) is 5.67. The van der Waals surface area contributed by atoms with Crippen LogP contribution in [0.4, 0.5) is 0 Å². The fourth-order valence-electron chi connectivity index (χ4n) is 4.26. The molecule has 1 saturated carbocycles. The average Bonchev–Trinajstić information content (AvgIpc) is 2.60. The van der Waals surface area contributed by atoms with E-state index >= 15 is 0 Å². The lowest BCUT2D eigenvalue weighted by Crippen LogP contribution is -2.45. The van der Waals surface area contributed by atoms with E-state index in [1.54, 1.807) is 0 Å². The largest absolute Gasteiger partial charge is 0.329 e. The maximum Gasteiger partial charge on any atom is 0.0254 e. The number of nitrogens with zero attached hydrogens (tertiary/aromatic N) is 2. The van der Waals surface area contributed by atoms with Gasteiger partial charge in [0.15, 0.2) is 0 Å². The molecule has 3 atom stereocenters. The molecule has 0 aromatic carbocycles. The van der Waals surface area contributed by atoms with E-state index in [1.165, 1.54) is 51.6 Å². The lowest BCUT2D eigenvalue weighted by atomic mass is 9.91. The Labute approximate surface area is 119 Å². The number of nitrogens with two attached hydrogens (primary N) is 1.